The molecule has 1 aromatic rings. The second kappa shape index (κ2) is 6.83. The normalized spacial score (nSPS) is 19.2. The van der Waals surface area contributed by atoms with E-state index < -0.39 is 17.6 Å². The van der Waals surface area contributed by atoms with Crippen LogP contribution in [0.15, 0.2) is 11.6 Å². The van der Waals surface area contributed by atoms with Crippen molar-refractivity contribution in [3.63, 3.8) is 0 Å². The van der Waals surface area contributed by atoms with Crippen molar-refractivity contribution in [2.45, 2.75) is 39.2 Å². The summed E-state index contributed by atoms with van der Waals surface area (Å²) >= 11 is 0. The van der Waals surface area contributed by atoms with Crippen LogP contribution in [-0.2, 0) is 11.2 Å². The smallest absolute Gasteiger partial charge is 0.295 e. The van der Waals surface area contributed by atoms with E-state index in [-0.39, 0.29) is 11.6 Å². The Balaban J connectivity index is 2.03. The van der Waals surface area contributed by atoms with Crippen LogP contribution in [0.3, 0.4) is 0 Å². The number of rotatable bonds is 3. The molecule has 0 unspecified atom stereocenters. The maximum atomic E-state index is 15.0. The maximum Gasteiger partial charge on any atom is 0.295 e. The van der Waals surface area contributed by atoms with Crippen molar-refractivity contribution in [3.05, 3.63) is 34.1 Å². The van der Waals surface area contributed by atoms with E-state index >= 15 is 4.39 Å². The minimum absolute atomic E-state index is 0.134. The number of benzene rings is 1. The summed E-state index contributed by atoms with van der Waals surface area (Å²) in [5.41, 5.74) is 9.82. The number of nitrogens with zero attached hydrogens (tertiary/aromatic N) is 1. The number of fused-ring (bicyclic) bond motifs is 1. The molecule has 1 aliphatic carbocycles. The Morgan fingerprint density at radius 3 is 2.81 bits per heavy atom. The largest absolute Gasteiger partial charge is 0.367 e. The molecule has 1 atom stereocenters. The molecule has 6 heteroatoms. The molecule has 0 aromatic heterocycles. The molecule has 1 fully saturated rings. The number of terminal acetylenes is 1. The van der Waals surface area contributed by atoms with Gasteiger partial charge in [0.25, 0.3) is 5.91 Å². The number of nitrogens with one attached hydrogen (secondary N) is 1. The van der Waals surface area contributed by atoms with Crippen molar-refractivity contribution >= 4 is 23.1 Å². The highest BCUT2D eigenvalue weighted by Gasteiger charge is 2.31. The zero-order valence-corrected chi connectivity index (χ0v) is 15.0. The summed E-state index contributed by atoms with van der Waals surface area (Å²) in [4.78, 5) is 25.2. The van der Waals surface area contributed by atoms with Crippen LogP contribution in [0.5, 0.6) is 0 Å². The Bertz CT molecular complexity index is 867. The van der Waals surface area contributed by atoms with Crippen molar-refractivity contribution in [2.24, 2.45) is 5.73 Å². The molecule has 5 nitrogen and oxygen atoms in total. The second-order valence-electron chi connectivity index (χ2n) is 6.96. The van der Waals surface area contributed by atoms with Crippen LogP contribution in [0.4, 0.5) is 10.1 Å². The summed E-state index contributed by atoms with van der Waals surface area (Å²) in [6, 6.07) is 1.11. The SMILES string of the molecule is C#CC(=O)N[C@H]1CCCN(c2c(F)cc(C(N)=O)c3c2C(C)=C(C)C3)C1. The van der Waals surface area contributed by atoms with Gasteiger partial charge in [-0.1, -0.05) is 5.57 Å². The van der Waals surface area contributed by atoms with E-state index in [9.17, 15) is 9.59 Å². The van der Waals surface area contributed by atoms with Crippen molar-refractivity contribution < 1.29 is 14.0 Å². The number of primary amides is 1. The van der Waals surface area contributed by atoms with E-state index in [2.05, 4.69) is 11.2 Å². The lowest BCUT2D eigenvalue weighted by molar-refractivity contribution is -0.116. The Morgan fingerprint density at radius 2 is 2.15 bits per heavy atom. The van der Waals surface area contributed by atoms with Gasteiger partial charge in [0.15, 0.2) is 0 Å². The third-order valence-corrected chi connectivity index (χ3v) is 5.29. The molecule has 0 bridgehead atoms. The first-order valence-corrected chi connectivity index (χ1v) is 8.67. The molecule has 3 N–H and O–H groups in total. The van der Waals surface area contributed by atoms with Crippen molar-refractivity contribution in [1.82, 2.24) is 5.32 Å². The fourth-order valence-electron chi connectivity index (χ4n) is 3.93. The van der Waals surface area contributed by atoms with Gasteiger partial charge in [-0.05, 0) is 56.2 Å². The number of amides is 2. The monoisotopic (exact) mass is 355 g/mol. The molecule has 0 spiro atoms. The van der Waals surface area contributed by atoms with Crippen molar-refractivity contribution in [3.8, 4) is 12.3 Å². The molecule has 1 aliphatic heterocycles. The van der Waals surface area contributed by atoms with Crippen LogP contribution < -0.4 is 16.0 Å². The highest BCUT2D eigenvalue weighted by molar-refractivity contribution is 5.99. The summed E-state index contributed by atoms with van der Waals surface area (Å²) in [6.07, 6.45) is 7.32. The second-order valence-corrected chi connectivity index (χ2v) is 6.96. The molecular formula is C20H22FN3O2. The number of allylic oxidation sites excluding steroid dienone is 2. The summed E-state index contributed by atoms with van der Waals surface area (Å²) in [7, 11) is 0. The predicted molar refractivity (Wildman–Crippen MR) is 99.1 cm³/mol. The van der Waals surface area contributed by atoms with Gasteiger partial charge in [0, 0.05) is 30.3 Å². The third kappa shape index (κ3) is 3.05. The lowest BCUT2D eigenvalue weighted by atomic mass is 9.95. The first-order chi connectivity index (χ1) is 12.3. The molecular weight excluding hydrogens is 333 g/mol. The molecule has 0 radical (unpaired) electrons. The quantitative estimate of drug-likeness (QED) is 0.814. The van der Waals surface area contributed by atoms with Gasteiger partial charge >= 0.3 is 0 Å². The van der Waals surface area contributed by atoms with Crippen molar-refractivity contribution in [1.29, 1.82) is 0 Å². The zero-order valence-electron chi connectivity index (χ0n) is 15.0. The Kier molecular flexibility index (Phi) is 4.73. The van der Waals surface area contributed by atoms with Gasteiger partial charge in [0.1, 0.15) is 5.82 Å². The molecule has 2 aliphatic rings. The van der Waals surface area contributed by atoms with Gasteiger partial charge in [-0.25, -0.2) is 4.39 Å². The van der Waals surface area contributed by atoms with Gasteiger partial charge in [0.2, 0.25) is 5.91 Å². The third-order valence-electron chi connectivity index (χ3n) is 5.29. The Hall–Kier alpha value is -2.81. The van der Waals surface area contributed by atoms with Crippen LogP contribution in [-0.4, -0.2) is 30.9 Å². The summed E-state index contributed by atoms with van der Waals surface area (Å²) in [5.74, 6) is 0.511. The maximum absolute atomic E-state index is 15.0. The summed E-state index contributed by atoms with van der Waals surface area (Å²) in [6.45, 7) is 5.07. The zero-order chi connectivity index (χ0) is 19.0. The topological polar surface area (TPSA) is 75.4 Å². The van der Waals surface area contributed by atoms with Crippen LogP contribution in [0, 0.1) is 18.2 Å². The number of carbonyl (C=O) groups excluding carboxylic acids is 2. The standard InChI is InChI=1S/C20H22FN3O2/c1-4-17(25)23-13-6-5-7-24(10-13)19-16(21)9-15(20(22)26)14-8-11(2)12(3)18(14)19/h1,9,13H,5-8,10H2,2-3H3,(H2,22,26)(H,23,25)/t13-/m0/s1. The molecule has 1 saturated heterocycles. The lowest BCUT2D eigenvalue weighted by Gasteiger charge is -2.36. The number of carbonyl (C=O) groups is 2. The first kappa shape index (κ1) is 18.0. The van der Waals surface area contributed by atoms with Crippen LogP contribution in [0.2, 0.25) is 0 Å². The Morgan fingerprint density at radius 1 is 1.42 bits per heavy atom. The average molecular weight is 355 g/mol. The average Bonchev–Trinajstić information content (AvgIpc) is 2.89. The van der Waals surface area contributed by atoms with E-state index in [1.807, 2.05) is 18.7 Å². The fraction of sp³-hybridized carbons (Fsp3) is 0.400. The van der Waals surface area contributed by atoms with E-state index in [0.717, 1.165) is 35.1 Å². The van der Waals surface area contributed by atoms with Crippen LogP contribution in [0.1, 0.15) is 48.2 Å². The van der Waals surface area contributed by atoms with E-state index in [1.165, 1.54) is 6.07 Å². The summed E-state index contributed by atoms with van der Waals surface area (Å²) in [5, 5.41) is 2.78. The van der Waals surface area contributed by atoms with Crippen molar-refractivity contribution in [2.75, 3.05) is 18.0 Å². The minimum Gasteiger partial charge on any atom is -0.367 e. The number of hydrogen-bond acceptors (Lipinski definition) is 3. The van der Waals surface area contributed by atoms with E-state index in [0.29, 0.717) is 25.2 Å². The molecule has 3 rings (SSSR count). The van der Waals surface area contributed by atoms with Gasteiger partial charge in [-0.3, -0.25) is 9.59 Å². The number of nitrogens with two attached hydrogens (primary N) is 1. The summed E-state index contributed by atoms with van der Waals surface area (Å²) < 4.78 is 15.0. The molecule has 0 saturated carbocycles. The highest BCUT2D eigenvalue weighted by Crippen LogP contribution is 2.43. The van der Waals surface area contributed by atoms with Gasteiger partial charge in [0.05, 0.1) is 5.69 Å². The van der Waals surface area contributed by atoms with Crippen LogP contribution >= 0.6 is 0 Å². The van der Waals surface area contributed by atoms with Crippen LogP contribution in [0.25, 0.3) is 5.57 Å². The van der Waals surface area contributed by atoms with Gasteiger partial charge in [-0.2, -0.15) is 0 Å². The number of hydrogen-bond donors (Lipinski definition) is 2. The first-order valence-electron chi connectivity index (χ1n) is 8.67. The number of halogens is 1. The van der Waals surface area contributed by atoms with Gasteiger partial charge in [-0.15, -0.1) is 6.42 Å². The fourth-order valence-corrected chi connectivity index (χ4v) is 3.93. The van der Waals surface area contributed by atoms with E-state index in [4.69, 9.17) is 12.2 Å². The minimum atomic E-state index is -0.619. The number of piperidine rings is 1. The molecule has 26 heavy (non-hydrogen) atoms. The molecule has 1 aromatic carbocycles. The van der Waals surface area contributed by atoms with Gasteiger partial charge < -0.3 is 16.0 Å². The highest BCUT2D eigenvalue weighted by atomic mass is 19.1. The molecule has 136 valence electrons. The van der Waals surface area contributed by atoms with E-state index in [1.54, 1.807) is 0 Å². The predicted octanol–water partition coefficient (Wildman–Crippen LogP) is 1.99. The molecule has 2 amide bonds. The lowest BCUT2D eigenvalue weighted by Crippen LogP contribution is -2.48. The molecule has 1 heterocycles. The Labute approximate surface area is 152 Å². The number of anilines is 1.